The number of carbonyl (C=O) groups excluding carboxylic acids is 2. The van der Waals surface area contributed by atoms with Gasteiger partial charge in [0.1, 0.15) is 5.75 Å². The third-order valence-electron chi connectivity index (χ3n) is 4.25. The van der Waals surface area contributed by atoms with Crippen molar-refractivity contribution < 1.29 is 14.3 Å². The molecule has 2 atom stereocenters. The van der Waals surface area contributed by atoms with Gasteiger partial charge in [0.05, 0.1) is 24.1 Å². The molecule has 0 aromatic heterocycles. The van der Waals surface area contributed by atoms with E-state index in [4.69, 9.17) is 4.74 Å². The molecule has 1 saturated heterocycles. The molecule has 2 aliphatic rings. The van der Waals surface area contributed by atoms with Crippen LogP contribution in [0.1, 0.15) is 32.6 Å². The fourth-order valence-corrected chi connectivity index (χ4v) is 3.32. The van der Waals surface area contributed by atoms with E-state index in [1.54, 1.807) is 12.1 Å². The molecule has 1 aromatic rings. The molecule has 106 valence electrons. The van der Waals surface area contributed by atoms with Crippen LogP contribution in [0.15, 0.2) is 24.3 Å². The largest absolute Gasteiger partial charge is 0.492 e. The summed E-state index contributed by atoms with van der Waals surface area (Å²) in [6, 6.07) is 7.28. The molecule has 0 unspecified atom stereocenters. The van der Waals surface area contributed by atoms with Crippen molar-refractivity contribution in [3.63, 3.8) is 0 Å². The smallest absolute Gasteiger partial charge is 0.237 e. The summed E-state index contributed by atoms with van der Waals surface area (Å²) in [7, 11) is 0. The van der Waals surface area contributed by atoms with E-state index in [0.29, 0.717) is 18.0 Å². The van der Waals surface area contributed by atoms with Gasteiger partial charge in [-0.1, -0.05) is 25.0 Å². The summed E-state index contributed by atoms with van der Waals surface area (Å²) in [4.78, 5) is 26.5. The zero-order valence-electron chi connectivity index (χ0n) is 11.7. The molecule has 1 aromatic carbocycles. The Morgan fingerprint density at radius 3 is 2.30 bits per heavy atom. The Balaban J connectivity index is 1.97. The lowest BCUT2D eigenvalue weighted by atomic mass is 9.81. The fourth-order valence-electron chi connectivity index (χ4n) is 3.32. The van der Waals surface area contributed by atoms with Gasteiger partial charge in [0.2, 0.25) is 11.8 Å². The summed E-state index contributed by atoms with van der Waals surface area (Å²) >= 11 is 0. The lowest BCUT2D eigenvalue weighted by Gasteiger charge is -2.19. The zero-order chi connectivity index (χ0) is 14.1. The Hall–Kier alpha value is -1.84. The molecule has 0 spiro atoms. The van der Waals surface area contributed by atoms with Gasteiger partial charge >= 0.3 is 0 Å². The minimum Gasteiger partial charge on any atom is -0.492 e. The molecule has 0 N–H and O–H groups in total. The second-order valence-electron chi connectivity index (χ2n) is 5.41. The number of fused-ring (bicyclic) bond motifs is 1. The van der Waals surface area contributed by atoms with Gasteiger partial charge in [-0.3, -0.25) is 9.59 Å². The van der Waals surface area contributed by atoms with Crippen molar-refractivity contribution in [2.45, 2.75) is 32.6 Å². The average molecular weight is 273 g/mol. The summed E-state index contributed by atoms with van der Waals surface area (Å²) in [5, 5.41) is 0. The monoisotopic (exact) mass is 273 g/mol. The van der Waals surface area contributed by atoms with Gasteiger partial charge < -0.3 is 4.74 Å². The minimum atomic E-state index is -0.120. The van der Waals surface area contributed by atoms with E-state index < -0.39 is 0 Å². The van der Waals surface area contributed by atoms with E-state index in [9.17, 15) is 9.59 Å². The Labute approximate surface area is 118 Å². The van der Waals surface area contributed by atoms with Crippen molar-refractivity contribution in [3.8, 4) is 5.75 Å². The van der Waals surface area contributed by atoms with Crippen LogP contribution in [0.2, 0.25) is 0 Å². The van der Waals surface area contributed by atoms with Gasteiger partial charge in [0.25, 0.3) is 0 Å². The SMILES string of the molecule is CCOc1ccccc1N1C(=O)[C@H]2CCCC[C@@H]2C1=O. The predicted octanol–water partition coefficient (Wildman–Crippen LogP) is 2.76. The highest BCUT2D eigenvalue weighted by atomic mass is 16.5. The maximum absolute atomic E-state index is 12.6. The molecule has 1 saturated carbocycles. The van der Waals surface area contributed by atoms with Crippen LogP contribution < -0.4 is 9.64 Å². The van der Waals surface area contributed by atoms with Gasteiger partial charge in [0, 0.05) is 0 Å². The van der Waals surface area contributed by atoms with Crippen LogP contribution in [0.25, 0.3) is 0 Å². The van der Waals surface area contributed by atoms with Gasteiger partial charge in [-0.2, -0.15) is 0 Å². The summed E-state index contributed by atoms with van der Waals surface area (Å²) < 4.78 is 5.55. The molecular weight excluding hydrogens is 254 g/mol. The van der Waals surface area contributed by atoms with Crippen LogP contribution in [-0.2, 0) is 9.59 Å². The first-order chi connectivity index (χ1) is 9.74. The number of ether oxygens (including phenoxy) is 1. The van der Waals surface area contributed by atoms with E-state index in [-0.39, 0.29) is 23.7 Å². The number of hydrogen-bond donors (Lipinski definition) is 0. The van der Waals surface area contributed by atoms with Gasteiger partial charge in [-0.15, -0.1) is 0 Å². The number of rotatable bonds is 3. The Bertz CT molecular complexity index is 516. The first kappa shape index (κ1) is 13.2. The van der Waals surface area contributed by atoms with Crippen molar-refractivity contribution in [3.05, 3.63) is 24.3 Å². The van der Waals surface area contributed by atoms with Crippen LogP contribution in [0.5, 0.6) is 5.75 Å². The quantitative estimate of drug-likeness (QED) is 0.796. The molecule has 20 heavy (non-hydrogen) atoms. The molecule has 2 amide bonds. The van der Waals surface area contributed by atoms with Crippen LogP contribution in [0.3, 0.4) is 0 Å². The summed E-state index contributed by atoms with van der Waals surface area (Å²) in [6.45, 7) is 2.41. The van der Waals surface area contributed by atoms with Crippen molar-refractivity contribution in [2.24, 2.45) is 11.8 Å². The predicted molar refractivity (Wildman–Crippen MR) is 75.6 cm³/mol. The van der Waals surface area contributed by atoms with E-state index in [2.05, 4.69) is 0 Å². The Kier molecular flexibility index (Phi) is 3.47. The third kappa shape index (κ3) is 1.99. The summed E-state index contributed by atoms with van der Waals surface area (Å²) in [6.07, 6.45) is 3.76. The summed E-state index contributed by atoms with van der Waals surface area (Å²) in [5.41, 5.74) is 0.596. The molecule has 2 fully saturated rings. The van der Waals surface area contributed by atoms with Crippen molar-refractivity contribution in [2.75, 3.05) is 11.5 Å². The standard InChI is InChI=1S/C16H19NO3/c1-2-20-14-10-6-5-9-13(14)17-15(18)11-7-3-4-8-12(11)16(17)19/h5-6,9-12H,2-4,7-8H2,1H3/t11-,12-/m0/s1. The molecule has 1 heterocycles. The molecule has 1 aliphatic carbocycles. The molecule has 1 aliphatic heterocycles. The third-order valence-corrected chi connectivity index (χ3v) is 4.25. The first-order valence-corrected chi connectivity index (χ1v) is 7.33. The molecular formula is C16H19NO3. The molecule has 3 rings (SSSR count). The molecule has 4 nitrogen and oxygen atoms in total. The highest BCUT2D eigenvalue weighted by Crippen LogP contribution is 2.42. The molecule has 0 bridgehead atoms. The van der Waals surface area contributed by atoms with E-state index >= 15 is 0 Å². The number of carbonyl (C=O) groups is 2. The normalized spacial score (nSPS) is 25.8. The number of hydrogen-bond acceptors (Lipinski definition) is 3. The number of amides is 2. The van der Waals surface area contributed by atoms with Gasteiger partial charge in [-0.05, 0) is 31.9 Å². The highest BCUT2D eigenvalue weighted by Gasteiger charge is 2.49. The second-order valence-corrected chi connectivity index (χ2v) is 5.41. The van der Waals surface area contributed by atoms with Crippen LogP contribution in [0.4, 0.5) is 5.69 Å². The lowest BCUT2D eigenvalue weighted by Crippen LogP contribution is -2.31. The number of nitrogens with zero attached hydrogens (tertiary/aromatic N) is 1. The van der Waals surface area contributed by atoms with Gasteiger partial charge in [0.15, 0.2) is 0 Å². The van der Waals surface area contributed by atoms with Crippen molar-refractivity contribution in [1.29, 1.82) is 0 Å². The van der Waals surface area contributed by atoms with Gasteiger partial charge in [-0.25, -0.2) is 4.90 Å². The summed E-state index contributed by atoms with van der Waals surface area (Å²) in [5.74, 6) is 0.269. The van der Waals surface area contributed by atoms with E-state index in [1.807, 2.05) is 19.1 Å². The van der Waals surface area contributed by atoms with Crippen molar-refractivity contribution >= 4 is 17.5 Å². The number of anilines is 1. The highest BCUT2D eigenvalue weighted by molar-refractivity contribution is 6.22. The molecule has 0 radical (unpaired) electrons. The van der Waals surface area contributed by atoms with E-state index in [0.717, 1.165) is 25.7 Å². The van der Waals surface area contributed by atoms with Crippen LogP contribution in [-0.4, -0.2) is 18.4 Å². The fraction of sp³-hybridized carbons (Fsp3) is 0.500. The zero-order valence-corrected chi connectivity index (χ0v) is 11.7. The van der Waals surface area contributed by atoms with Crippen molar-refractivity contribution in [1.82, 2.24) is 0 Å². The Morgan fingerprint density at radius 2 is 1.70 bits per heavy atom. The minimum absolute atomic E-state index is 0.0492. The number of para-hydroxylation sites is 2. The number of benzene rings is 1. The topological polar surface area (TPSA) is 46.6 Å². The maximum atomic E-state index is 12.6. The van der Waals surface area contributed by atoms with E-state index in [1.165, 1.54) is 4.90 Å². The Morgan fingerprint density at radius 1 is 1.10 bits per heavy atom. The lowest BCUT2D eigenvalue weighted by molar-refractivity contribution is -0.122. The first-order valence-electron chi connectivity index (χ1n) is 7.33. The second kappa shape index (κ2) is 5.27. The van der Waals surface area contributed by atoms with Crippen LogP contribution in [0, 0.1) is 11.8 Å². The maximum Gasteiger partial charge on any atom is 0.237 e. The average Bonchev–Trinajstić information content (AvgIpc) is 2.73. The van der Waals surface area contributed by atoms with Crippen LogP contribution >= 0.6 is 0 Å². The number of imide groups is 1. The molecule has 4 heteroatoms.